The molecule has 1 fully saturated rings. The van der Waals surface area contributed by atoms with E-state index in [2.05, 4.69) is 42.3 Å². The zero-order chi connectivity index (χ0) is 25.0. The van der Waals surface area contributed by atoms with E-state index < -0.39 is 0 Å². The van der Waals surface area contributed by atoms with Crippen LogP contribution in [0, 0.1) is 0 Å². The first kappa shape index (κ1) is 23.0. The minimum atomic E-state index is 0.217. The molecule has 11 heteroatoms. The highest BCUT2D eigenvalue weighted by Gasteiger charge is 2.17. The quantitative estimate of drug-likeness (QED) is 0.342. The second kappa shape index (κ2) is 10.2. The van der Waals surface area contributed by atoms with Crippen LogP contribution < -0.4 is 16.0 Å². The predicted molar refractivity (Wildman–Crippen MR) is 145 cm³/mol. The summed E-state index contributed by atoms with van der Waals surface area (Å²) in [6.45, 7) is 2.72. The van der Waals surface area contributed by atoms with Gasteiger partial charge in [-0.1, -0.05) is 41.7 Å². The summed E-state index contributed by atoms with van der Waals surface area (Å²) < 4.78 is 5.50. The number of hydrogen-bond donors (Lipinski definition) is 2. The summed E-state index contributed by atoms with van der Waals surface area (Å²) in [6, 6.07) is 16.0. The molecule has 0 spiro atoms. The van der Waals surface area contributed by atoms with Crippen molar-refractivity contribution in [1.82, 2.24) is 29.9 Å². The van der Waals surface area contributed by atoms with Crippen LogP contribution in [0.4, 0.5) is 22.8 Å². The molecule has 0 radical (unpaired) electrons. The molecule has 4 aromatic heterocycles. The topological polar surface area (TPSA) is 128 Å². The molecule has 0 unspecified atom stereocenters. The molecule has 1 aliphatic rings. The van der Waals surface area contributed by atoms with Gasteiger partial charge in [0, 0.05) is 49.0 Å². The fourth-order valence-electron chi connectivity index (χ4n) is 3.90. The molecular formula is C26H23N9OS. The lowest BCUT2D eigenvalue weighted by atomic mass is 10.1. The van der Waals surface area contributed by atoms with E-state index in [1.807, 2.05) is 42.6 Å². The van der Waals surface area contributed by atoms with Crippen molar-refractivity contribution in [1.29, 1.82) is 0 Å². The van der Waals surface area contributed by atoms with Crippen LogP contribution >= 0.6 is 11.3 Å². The lowest BCUT2D eigenvalue weighted by Crippen LogP contribution is -2.37. The molecule has 10 nitrogen and oxygen atoms in total. The number of rotatable bonds is 6. The second-order valence-electron chi connectivity index (χ2n) is 8.32. The summed E-state index contributed by atoms with van der Waals surface area (Å²) in [4.78, 5) is 30.2. The molecule has 6 rings (SSSR count). The number of aromatic nitrogens is 6. The van der Waals surface area contributed by atoms with E-state index in [1.54, 1.807) is 29.9 Å². The van der Waals surface area contributed by atoms with Crippen LogP contribution in [0.1, 0.15) is 0 Å². The van der Waals surface area contributed by atoms with Crippen molar-refractivity contribution in [3.8, 4) is 33.0 Å². The molecule has 184 valence electrons. The SMILES string of the molecule is Nc1ncc(-c2cc(-c3ccc(Nc4ncc(-c5ccccc5)s4)nc3)nc(N3CCOCC3)n2)cn1. The van der Waals surface area contributed by atoms with E-state index in [9.17, 15) is 0 Å². The summed E-state index contributed by atoms with van der Waals surface area (Å²) in [5.74, 6) is 1.55. The molecule has 0 bridgehead atoms. The smallest absolute Gasteiger partial charge is 0.226 e. The number of anilines is 4. The van der Waals surface area contributed by atoms with E-state index in [4.69, 9.17) is 20.4 Å². The fraction of sp³-hybridized carbons (Fsp3) is 0.154. The molecular weight excluding hydrogens is 486 g/mol. The predicted octanol–water partition coefficient (Wildman–Crippen LogP) is 4.28. The van der Waals surface area contributed by atoms with Crippen LogP contribution in [0.3, 0.4) is 0 Å². The summed E-state index contributed by atoms with van der Waals surface area (Å²) in [7, 11) is 0. The Morgan fingerprint density at radius 2 is 1.51 bits per heavy atom. The number of hydrogen-bond acceptors (Lipinski definition) is 11. The molecule has 1 saturated heterocycles. The first-order valence-electron chi connectivity index (χ1n) is 11.8. The largest absolute Gasteiger partial charge is 0.378 e. The van der Waals surface area contributed by atoms with Crippen molar-refractivity contribution in [2.75, 3.05) is 42.3 Å². The molecule has 0 atom stereocenters. The Bertz CT molecular complexity index is 1490. The Morgan fingerprint density at radius 1 is 0.784 bits per heavy atom. The highest BCUT2D eigenvalue weighted by molar-refractivity contribution is 7.18. The van der Waals surface area contributed by atoms with Gasteiger partial charge in [-0.25, -0.2) is 29.9 Å². The van der Waals surface area contributed by atoms with Gasteiger partial charge in [0.05, 0.1) is 29.5 Å². The lowest BCUT2D eigenvalue weighted by molar-refractivity contribution is 0.122. The number of nitrogens with zero attached hydrogens (tertiary/aromatic N) is 7. The van der Waals surface area contributed by atoms with Gasteiger partial charge in [-0.2, -0.15) is 0 Å². The van der Waals surface area contributed by atoms with Gasteiger partial charge in [-0.05, 0) is 23.8 Å². The Kier molecular flexibility index (Phi) is 6.36. The van der Waals surface area contributed by atoms with Crippen LogP contribution in [0.5, 0.6) is 0 Å². The van der Waals surface area contributed by atoms with E-state index in [0.717, 1.165) is 45.5 Å². The minimum absolute atomic E-state index is 0.217. The standard InChI is InChI=1S/C26H23N9OS/c27-24-29-14-19(15-30-24)21-12-20(32-25(33-21)35-8-10-36-11-9-35)18-6-7-23(28-13-18)34-26-31-16-22(37-26)17-4-2-1-3-5-17/h1-7,12-16H,8-11H2,(H2,27,29,30)(H,28,31,34). The molecule has 0 aliphatic carbocycles. The fourth-order valence-corrected chi connectivity index (χ4v) is 4.73. The first-order chi connectivity index (χ1) is 18.2. The van der Waals surface area contributed by atoms with Crippen LogP contribution in [0.25, 0.3) is 33.0 Å². The van der Waals surface area contributed by atoms with Gasteiger partial charge in [0.25, 0.3) is 0 Å². The van der Waals surface area contributed by atoms with Crippen LogP contribution in [0.2, 0.25) is 0 Å². The van der Waals surface area contributed by atoms with Crippen LogP contribution in [0.15, 0.2) is 73.3 Å². The number of morpholine rings is 1. The zero-order valence-electron chi connectivity index (χ0n) is 19.8. The third-order valence-corrected chi connectivity index (χ3v) is 6.80. The normalized spacial score (nSPS) is 13.5. The van der Waals surface area contributed by atoms with Crippen molar-refractivity contribution in [3.63, 3.8) is 0 Å². The van der Waals surface area contributed by atoms with Crippen LogP contribution in [-0.4, -0.2) is 56.2 Å². The highest BCUT2D eigenvalue weighted by atomic mass is 32.1. The maximum atomic E-state index is 5.68. The van der Waals surface area contributed by atoms with Gasteiger partial charge in [0.2, 0.25) is 11.9 Å². The Hall–Kier alpha value is -4.48. The van der Waals surface area contributed by atoms with E-state index >= 15 is 0 Å². The first-order valence-corrected chi connectivity index (χ1v) is 12.6. The summed E-state index contributed by atoms with van der Waals surface area (Å²) in [5, 5.41) is 4.07. The number of nitrogen functional groups attached to an aromatic ring is 1. The van der Waals surface area contributed by atoms with Crippen LogP contribution in [-0.2, 0) is 4.74 Å². The van der Waals surface area contributed by atoms with Gasteiger partial charge in [0.15, 0.2) is 5.13 Å². The summed E-state index contributed by atoms with van der Waals surface area (Å²) in [5.41, 5.74) is 9.91. The minimum Gasteiger partial charge on any atom is -0.378 e. The number of nitrogens with two attached hydrogens (primary N) is 1. The summed E-state index contributed by atoms with van der Waals surface area (Å²) >= 11 is 1.58. The van der Waals surface area contributed by atoms with E-state index in [-0.39, 0.29) is 5.95 Å². The van der Waals surface area contributed by atoms with Gasteiger partial charge in [0.1, 0.15) is 5.82 Å². The molecule has 0 amide bonds. The molecule has 1 aromatic carbocycles. The molecule has 5 heterocycles. The van der Waals surface area contributed by atoms with Crippen molar-refractivity contribution in [3.05, 3.63) is 73.3 Å². The van der Waals surface area contributed by atoms with Crippen molar-refractivity contribution >= 4 is 34.2 Å². The second-order valence-corrected chi connectivity index (χ2v) is 9.35. The van der Waals surface area contributed by atoms with Crippen molar-refractivity contribution in [2.45, 2.75) is 0 Å². The van der Waals surface area contributed by atoms with E-state index in [0.29, 0.717) is 30.7 Å². The molecule has 3 N–H and O–H groups in total. The van der Waals surface area contributed by atoms with Gasteiger partial charge < -0.3 is 20.7 Å². The Morgan fingerprint density at radius 3 is 2.24 bits per heavy atom. The van der Waals surface area contributed by atoms with Gasteiger partial charge >= 0.3 is 0 Å². The molecule has 37 heavy (non-hydrogen) atoms. The van der Waals surface area contributed by atoms with E-state index in [1.165, 1.54) is 0 Å². The van der Waals surface area contributed by atoms with Crippen molar-refractivity contribution < 1.29 is 4.74 Å². The number of nitrogens with one attached hydrogen (secondary N) is 1. The number of pyridine rings is 1. The third kappa shape index (κ3) is 5.22. The summed E-state index contributed by atoms with van der Waals surface area (Å²) in [6.07, 6.45) is 7.00. The zero-order valence-corrected chi connectivity index (χ0v) is 20.6. The number of benzene rings is 1. The third-order valence-electron chi connectivity index (χ3n) is 5.83. The monoisotopic (exact) mass is 509 g/mol. The number of thiazole rings is 1. The maximum absolute atomic E-state index is 5.68. The number of ether oxygens (including phenoxy) is 1. The van der Waals surface area contributed by atoms with Crippen molar-refractivity contribution in [2.24, 2.45) is 0 Å². The maximum Gasteiger partial charge on any atom is 0.226 e. The molecule has 1 aliphatic heterocycles. The Labute approximate surface area is 217 Å². The molecule has 5 aromatic rings. The molecule has 0 saturated carbocycles. The lowest BCUT2D eigenvalue weighted by Gasteiger charge is -2.27. The highest BCUT2D eigenvalue weighted by Crippen LogP contribution is 2.31. The average molecular weight is 510 g/mol. The van der Waals surface area contributed by atoms with Gasteiger partial charge in [-0.15, -0.1) is 0 Å². The van der Waals surface area contributed by atoms with Gasteiger partial charge in [-0.3, -0.25) is 0 Å². The average Bonchev–Trinajstić information content (AvgIpc) is 3.43. The Balaban J connectivity index is 1.27.